The lowest BCUT2D eigenvalue weighted by atomic mass is 10.1. The third kappa shape index (κ3) is 4.09. The van der Waals surface area contributed by atoms with Gasteiger partial charge in [0.25, 0.3) is 5.91 Å². The Morgan fingerprint density at radius 3 is 2.46 bits per heavy atom. The number of aromatic nitrogens is 3. The van der Waals surface area contributed by atoms with E-state index in [0.717, 1.165) is 68.0 Å². The van der Waals surface area contributed by atoms with Crippen molar-refractivity contribution < 1.29 is 4.79 Å². The van der Waals surface area contributed by atoms with Gasteiger partial charge in [0.15, 0.2) is 5.65 Å². The predicted octanol–water partition coefficient (Wildman–Crippen LogP) is 2.46. The number of nitrogens with zero attached hydrogens (tertiary/aromatic N) is 5. The summed E-state index contributed by atoms with van der Waals surface area (Å²) >= 11 is 0. The van der Waals surface area contributed by atoms with Crippen molar-refractivity contribution in [2.45, 2.75) is 46.0 Å². The van der Waals surface area contributed by atoms with Gasteiger partial charge in [-0.05, 0) is 70.7 Å². The molecule has 1 amide bonds. The van der Waals surface area contributed by atoms with Crippen LogP contribution in [-0.2, 0) is 0 Å². The molecule has 0 spiro atoms. The summed E-state index contributed by atoms with van der Waals surface area (Å²) in [6, 6.07) is 2.06. The molecule has 2 aromatic rings. The first-order valence-electron chi connectivity index (χ1n) is 10.5. The van der Waals surface area contributed by atoms with Gasteiger partial charge in [-0.25, -0.2) is 15.0 Å². The largest absolute Gasteiger partial charge is 0.356 e. The maximum atomic E-state index is 12.8. The SMILES string of the molecule is Cc1cc(C)c2c(N3CCCCC3)nc(C(=O)NCCN3CCCC3)nc2n1. The van der Waals surface area contributed by atoms with Crippen LogP contribution in [0.15, 0.2) is 6.07 Å². The molecule has 28 heavy (non-hydrogen) atoms. The summed E-state index contributed by atoms with van der Waals surface area (Å²) in [6.45, 7) is 9.74. The van der Waals surface area contributed by atoms with Crippen LogP contribution in [-0.4, -0.2) is 65.0 Å². The number of carbonyl (C=O) groups is 1. The maximum absolute atomic E-state index is 12.8. The monoisotopic (exact) mass is 382 g/mol. The number of rotatable bonds is 5. The van der Waals surface area contributed by atoms with Crippen LogP contribution < -0.4 is 10.2 Å². The maximum Gasteiger partial charge on any atom is 0.289 e. The van der Waals surface area contributed by atoms with Gasteiger partial charge in [-0.2, -0.15) is 0 Å². The number of hydrogen-bond donors (Lipinski definition) is 1. The highest BCUT2D eigenvalue weighted by atomic mass is 16.2. The minimum absolute atomic E-state index is 0.208. The molecule has 7 heteroatoms. The molecule has 2 saturated heterocycles. The van der Waals surface area contributed by atoms with Gasteiger partial charge >= 0.3 is 0 Å². The lowest BCUT2D eigenvalue weighted by Gasteiger charge is -2.29. The zero-order valence-corrected chi connectivity index (χ0v) is 17.0. The van der Waals surface area contributed by atoms with Crippen LogP contribution in [0.1, 0.15) is 54.0 Å². The first-order valence-corrected chi connectivity index (χ1v) is 10.5. The number of nitrogens with one attached hydrogen (secondary N) is 1. The average Bonchev–Trinajstić information content (AvgIpc) is 3.21. The van der Waals surface area contributed by atoms with Gasteiger partial charge in [0, 0.05) is 31.9 Å². The Kier molecular flexibility index (Phi) is 5.71. The smallest absolute Gasteiger partial charge is 0.289 e. The Balaban J connectivity index is 1.61. The third-order valence-electron chi connectivity index (χ3n) is 5.74. The van der Waals surface area contributed by atoms with Crippen molar-refractivity contribution in [1.82, 2.24) is 25.2 Å². The number of piperidine rings is 1. The molecule has 0 radical (unpaired) electrons. The van der Waals surface area contributed by atoms with Gasteiger partial charge in [-0.3, -0.25) is 4.79 Å². The van der Waals surface area contributed by atoms with E-state index in [4.69, 9.17) is 4.98 Å². The van der Waals surface area contributed by atoms with Crippen molar-refractivity contribution in [3.63, 3.8) is 0 Å². The summed E-state index contributed by atoms with van der Waals surface area (Å²) < 4.78 is 0. The number of carbonyl (C=O) groups excluding carboxylic acids is 1. The fraction of sp³-hybridized carbons (Fsp3) is 0.619. The summed E-state index contributed by atoms with van der Waals surface area (Å²) in [5.74, 6) is 0.881. The van der Waals surface area contributed by atoms with Crippen molar-refractivity contribution in [2.75, 3.05) is 44.2 Å². The number of anilines is 1. The summed E-state index contributed by atoms with van der Waals surface area (Å²) in [6.07, 6.45) is 6.07. The number of hydrogen-bond acceptors (Lipinski definition) is 6. The average molecular weight is 383 g/mol. The number of pyridine rings is 1. The molecule has 4 heterocycles. The van der Waals surface area contributed by atoms with Crippen LogP contribution in [0.3, 0.4) is 0 Å². The van der Waals surface area contributed by atoms with Crippen LogP contribution in [0.2, 0.25) is 0 Å². The van der Waals surface area contributed by atoms with Crippen molar-refractivity contribution in [3.8, 4) is 0 Å². The summed E-state index contributed by atoms with van der Waals surface area (Å²) in [4.78, 5) is 31.3. The van der Waals surface area contributed by atoms with Crippen molar-refractivity contribution >= 4 is 22.8 Å². The second-order valence-corrected chi connectivity index (χ2v) is 8.00. The fourth-order valence-electron chi connectivity index (χ4n) is 4.30. The zero-order valence-electron chi connectivity index (χ0n) is 17.0. The number of fused-ring (bicyclic) bond motifs is 1. The van der Waals surface area contributed by atoms with Crippen molar-refractivity contribution in [1.29, 1.82) is 0 Å². The van der Waals surface area contributed by atoms with E-state index in [1.54, 1.807) is 0 Å². The van der Waals surface area contributed by atoms with Crippen LogP contribution >= 0.6 is 0 Å². The fourth-order valence-corrected chi connectivity index (χ4v) is 4.30. The third-order valence-corrected chi connectivity index (χ3v) is 5.74. The van der Waals surface area contributed by atoms with Gasteiger partial charge in [0.05, 0.1) is 5.39 Å². The summed E-state index contributed by atoms with van der Waals surface area (Å²) in [5, 5.41) is 3.97. The second kappa shape index (κ2) is 8.39. The van der Waals surface area contributed by atoms with Crippen LogP contribution in [0, 0.1) is 13.8 Å². The molecule has 7 nitrogen and oxygen atoms in total. The van der Waals surface area contributed by atoms with Crippen LogP contribution in [0.4, 0.5) is 5.82 Å². The summed E-state index contributed by atoms with van der Waals surface area (Å²) in [7, 11) is 0. The standard InChI is InChI=1S/C21H30N6O/c1-15-14-16(2)23-18-17(15)20(27-11-4-3-5-12-27)25-19(24-18)21(28)22-8-13-26-9-6-7-10-26/h14H,3-13H2,1-2H3,(H,22,28). The number of aryl methyl sites for hydroxylation is 2. The van der Waals surface area contributed by atoms with Crippen LogP contribution in [0.5, 0.6) is 0 Å². The first kappa shape index (κ1) is 19.1. The Hall–Kier alpha value is -2.28. The number of amides is 1. The molecule has 150 valence electrons. The topological polar surface area (TPSA) is 74.2 Å². The van der Waals surface area contributed by atoms with E-state index in [2.05, 4.69) is 38.1 Å². The van der Waals surface area contributed by atoms with E-state index in [1.807, 2.05) is 6.92 Å². The molecule has 0 aliphatic carbocycles. The molecule has 2 aliphatic heterocycles. The molecule has 0 atom stereocenters. The lowest BCUT2D eigenvalue weighted by Crippen LogP contribution is -2.35. The zero-order chi connectivity index (χ0) is 19.5. The van der Waals surface area contributed by atoms with E-state index in [0.29, 0.717) is 12.2 Å². The molecule has 2 aliphatic rings. The molecule has 0 unspecified atom stereocenters. The lowest BCUT2D eigenvalue weighted by molar-refractivity contribution is 0.0939. The Morgan fingerprint density at radius 1 is 1.00 bits per heavy atom. The summed E-state index contributed by atoms with van der Waals surface area (Å²) in [5.41, 5.74) is 2.65. The highest BCUT2D eigenvalue weighted by molar-refractivity contribution is 5.96. The minimum Gasteiger partial charge on any atom is -0.356 e. The van der Waals surface area contributed by atoms with Gasteiger partial charge in [0.1, 0.15) is 5.82 Å². The molecule has 0 aromatic carbocycles. The molecule has 4 rings (SSSR count). The molecule has 2 aromatic heterocycles. The van der Waals surface area contributed by atoms with Gasteiger partial charge in [-0.1, -0.05) is 0 Å². The normalized spacial score (nSPS) is 18.0. The van der Waals surface area contributed by atoms with E-state index in [-0.39, 0.29) is 11.7 Å². The molecule has 0 saturated carbocycles. The van der Waals surface area contributed by atoms with Crippen molar-refractivity contribution in [3.05, 3.63) is 23.1 Å². The van der Waals surface area contributed by atoms with E-state index in [9.17, 15) is 4.79 Å². The molecule has 1 N–H and O–H groups in total. The Labute approximate surface area is 166 Å². The van der Waals surface area contributed by atoms with Crippen molar-refractivity contribution in [2.24, 2.45) is 0 Å². The minimum atomic E-state index is -0.208. The van der Waals surface area contributed by atoms with E-state index < -0.39 is 0 Å². The van der Waals surface area contributed by atoms with Gasteiger partial charge in [0.2, 0.25) is 5.82 Å². The quantitative estimate of drug-likeness (QED) is 0.856. The molecule has 2 fully saturated rings. The van der Waals surface area contributed by atoms with Crippen LogP contribution in [0.25, 0.3) is 11.0 Å². The Bertz CT molecular complexity index is 856. The van der Waals surface area contributed by atoms with E-state index in [1.165, 1.54) is 19.3 Å². The highest BCUT2D eigenvalue weighted by Crippen LogP contribution is 2.28. The second-order valence-electron chi connectivity index (χ2n) is 8.00. The molecular weight excluding hydrogens is 352 g/mol. The van der Waals surface area contributed by atoms with Gasteiger partial charge in [-0.15, -0.1) is 0 Å². The van der Waals surface area contributed by atoms with Gasteiger partial charge < -0.3 is 15.1 Å². The Morgan fingerprint density at radius 2 is 1.71 bits per heavy atom. The van der Waals surface area contributed by atoms with E-state index >= 15 is 0 Å². The molecule has 0 bridgehead atoms. The molecular formula is C21H30N6O. The predicted molar refractivity (Wildman–Crippen MR) is 111 cm³/mol. The highest BCUT2D eigenvalue weighted by Gasteiger charge is 2.22. The first-order chi connectivity index (χ1) is 13.6. The number of likely N-dealkylation sites (tertiary alicyclic amines) is 1.